The second-order valence-electron chi connectivity index (χ2n) is 8.51. The molecule has 0 spiro atoms. The molecular weight excluding hydrogens is 478 g/mol. The number of benzene rings is 3. The number of fused-ring (bicyclic) bond motifs is 2. The van der Waals surface area contributed by atoms with Gasteiger partial charge in [-0.3, -0.25) is 9.10 Å². The molecule has 5 rings (SSSR count). The zero-order chi connectivity index (χ0) is 24.6. The first-order chi connectivity index (χ1) is 16.9. The number of nitrogens with zero attached hydrogens (tertiary/aromatic N) is 3. The lowest BCUT2D eigenvalue weighted by Gasteiger charge is -2.30. The van der Waals surface area contributed by atoms with Gasteiger partial charge in [0, 0.05) is 18.7 Å². The summed E-state index contributed by atoms with van der Waals surface area (Å²) < 4.78 is 31.2. The molecule has 0 radical (unpaired) electrons. The molecule has 2 heterocycles. The second-order valence-corrected chi connectivity index (χ2v) is 11.4. The van der Waals surface area contributed by atoms with Gasteiger partial charge in [0.2, 0.25) is 0 Å². The molecule has 1 aliphatic rings. The van der Waals surface area contributed by atoms with E-state index in [1.165, 1.54) is 39.9 Å². The number of sulfonamides is 1. The van der Waals surface area contributed by atoms with E-state index >= 15 is 0 Å². The van der Waals surface area contributed by atoms with E-state index in [0.29, 0.717) is 23.5 Å². The molecule has 3 aromatic carbocycles. The number of anilines is 1. The summed E-state index contributed by atoms with van der Waals surface area (Å²) in [7, 11) is -3.73. The van der Waals surface area contributed by atoms with Crippen LogP contribution in [0.15, 0.2) is 89.3 Å². The van der Waals surface area contributed by atoms with Crippen LogP contribution >= 0.6 is 11.3 Å². The summed E-state index contributed by atoms with van der Waals surface area (Å²) in [4.78, 5) is 18.1. The summed E-state index contributed by atoms with van der Waals surface area (Å²) in [6.07, 6.45) is 3.40. The molecule has 0 atom stereocenters. The largest absolute Gasteiger partial charge is 0.312 e. The highest BCUT2D eigenvalue weighted by molar-refractivity contribution is 7.92. The van der Waals surface area contributed by atoms with Gasteiger partial charge < -0.3 is 4.57 Å². The van der Waals surface area contributed by atoms with Gasteiger partial charge in [0.15, 0.2) is 4.80 Å². The van der Waals surface area contributed by atoms with E-state index < -0.39 is 15.9 Å². The van der Waals surface area contributed by atoms with Crippen molar-refractivity contribution < 1.29 is 13.2 Å². The van der Waals surface area contributed by atoms with Crippen LogP contribution in [-0.4, -0.2) is 25.4 Å². The molecule has 0 saturated carbocycles. The van der Waals surface area contributed by atoms with E-state index in [1.54, 1.807) is 6.08 Å². The van der Waals surface area contributed by atoms with Gasteiger partial charge in [0.25, 0.3) is 15.9 Å². The maximum absolute atomic E-state index is 13.4. The number of aryl methyl sites for hydroxylation is 2. The number of aromatic nitrogens is 1. The summed E-state index contributed by atoms with van der Waals surface area (Å²) in [5.41, 5.74) is 4.22. The average molecular weight is 504 g/mol. The first-order valence-electron chi connectivity index (χ1n) is 11.4. The average Bonchev–Trinajstić information content (AvgIpc) is 3.19. The molecular formula is C27H25N3O3S2. The van der Waals surface area contributed by atoms with Crippen molar-refractivity contribution in [2.75, 3.05) is 10.8 Å². The highest BCUT2D eigenvalue weighted by atomic mass is 32.2. The zero-order valence-electron chi connectivity index (χ0n) is 19.3. The summed E-state index contributed by atoms with van der Waals surface area (Å²) >= 11 is 1.45. The quantitative estimate of drug-likeness (QED) is 0.357. The fourth-order valence-electron chi connectivity index (χ4n) is 4.37. The SMILES string of the molecule is C=CCn1c(=NC(=O)c2ccc(S(=O)(=O)N3CCCc4ccccc43)cc2)sc2cc(C)ccc21. The minimum absolute atomic E-state index is 0.157. The van der Waals surface area contributed by atoms with Crippen LogP contribution in [0.1, 0.15) is 27.9 Å². The summed E-state index contributed by atoms with van der Waals surface area (Å²) in [6, 6.07) is 19.7. The maximum Gasteiger partial charge on any atom is 0.279 e. The third-order valence-corrected chi connectivity index (χ3v) is 8.97. The molecule has 1 amide bonds. The van der Waals surface area contributed by atoms with Crippen molar-refractivity contribution >= 4 is 43.2 Å². The van der Waals surface area contributed by atoms with Gasteiger partial charge in [-0.2, -0.15) is 4.99 Å². The second kappa shape index (κ2) is 9.28. The number of para-hydroxylation sites is 1. The van der Waals surface area contributed by atoms with E-state index in [1.807, 2.05) is 47.9 Å². The van der Waals surface area contributed by atoms with Gasteiger partial charge in [0.05, 0.1) is 20.8 Å². The van der Waals surface area contributed by atoms with Gasteiger partial charge in [0.1, 0.15) is 0 Å². The smallest absolute Gasteiger partial charge is 0.279 e. The molecule has 0 unspecified atom stereocenters. The molecule has 0 N–H and O–H groups in total. The molecule has 0 bridgehead atoms. The van der Waals surface area contributed by atoms with Crippen LogP contribution in [0, 0.1) is 6.92 Å². The van der Waals surface area contributed by atoms with E-state index in [2.05, 4.69) is 17.6 Å². The Morgan fingerprint density at radius 2 is 1.89 bits per heavy atom. The number of hydrogen-bond donors (Lipinski definition) is 0. The van der Waals surface area contributed by atoms with Crippen molar-refractivity contribution in [2.24, 2.45) is 4.99 Å². The molecule has 1 aromatic heterocycles. The standard InChI is InChI=1S/C27H25N3O3S2/c1-3-16-29-24-15-10-19(2)18-25(24)34-27(29)28-26(31)21-11-13-22(14-12-21)35(32,33)30-17-6-8-20-7-4-5-9-23(20)30/h3-5,7,9-15,18H,1,6,8,16-17H2,2H3. The van der Waals surface area contributed by atoms with Crippen molar-refractivity contribution in [3.8, 4) is 0 Å². The molecule has 178 valence electrons. The number of carbonyl (C=O) groups is 1. The summed E-state index contributed by atoms with van der Waals surface area (Å²) in [6.45, 7) is 6.81. The normalized spacial score (nSPS) is 14.2. The van der Waals surface area contributed by atoms with Gasteiger partial charge in [-0.1, -0.05) is 41.7 Å². The van der Waals surface area contributed by atoms with Crippen LogP contribution in [0.5, 0.6) is 0 Å². The van der Waals surface area contributed by atoms with Crippen LogP contribution in [0.25, 0.3) is 10.2 Å². The zero-order valence-corrected chi connectivity index (χ0v) is 21.0. The molecule has 1 aliphatic heterocycles. The number of rotatable bonds is 5. The Bertz CT molecular complexity index is 1610. The van der Waals surface area contributed by atoms with Gasteiger partial charge >= 0.3 is 0 Å². The third-order valence-electron chi connectivity index (χ3n) is 6.10. The van der Waals surface area contributed by atoms with Crippen molar-refractivity contribution in [3.63, 3.8) is 0 Å². The van der Waals surface area contributed by atoms with Crippen LogP contribution in [0.2, 0.25) is 0 Å². The van der Waals surface area contributed by atoms with Crippen LogP contribution in [0.4, 0.5) is 5.69 Å². The Kier molecular flexibility index (Phi) is 6.17. The highest BCUT2D eigenvalue weighted by Crippen LogP contribution is 2.31. The number of allylic oxidation sites excluding steroid dienone is 1. The predicted octanol–water partition coefficient (Wildman–Crippen LogP) is 5.08. The molecule has 6 nitrogen and oxygen atoms in total. The molecule has 35 heavy (non-hydrogen) atoms. The number of carbonyl (C=O) groups excluding carboxylic acids is 1. The lowest BCUT2D eigenvalue weighted by atomic mass is 10.0. The topological polar surface area (TPSA) is 71.7 Å². The molecule has 8 heteroatoms. The Morgan fingerprint density at radius 3 is 2.66 bits per heavy atom. The van der Waals surface area contributed by atoms with Crippen LogP contribution in [-0.2, 0) is 23.0 Å². The molecule has 0 aliphatic carbocycles. The molecule has 0 fully saturated rings. The lowest BCUT2D eigenvalue weighted by molar-refractivity contribution is 0.0998. The van der Waals surface area contributed by atoms with Crippen LogP contribution in [0.3, 0.4) is 0 Å². The molecule has 4 aromatic rings. The first-order valence-corrected chi connectivity index (χ1v) is 13.6. The Morgan fingerprint density at radius 1 is 1.11 bits per heavy atom. The van der Waals surface area contributed by atoms with Crippen molar-refractivity contribution in [1.29, 1.82) is 0 Å². The summed E-state index contributed by atoms with van der Waals surface area (Å²) in [5.74, 6) is -0.418. The summed E-state index contributed by atoms with van der Waals surface area (Å²) in [5, 5.41) is 0. The van der Waals surface area contributed by atoms with Crippen molar-refractivity contribution in [3.05, 3.63) is 101 Å². The predicted molar refractivity (Wildman–Crippen MR) is 140 cm³/mol. The number of thiazole rings is 1. The Balaban J connectivity index is 1.47. The highest BCUT2D eigenvalue weighted by Gasteiger charge is 2.29. The fourth-order valence-corrected chi connectivity index (χ4v) is 7.05. The fraction of sp³-hybridized carbons (Fsp3) is 0.185. The number of hydrogen-bond acceptors (Lipinski definition) is 4. The van der Waals surface area contributed by atoms with Crippen molar-refractivity contribution in [2.45, 2.75) is 31.2 Å². The van der Waals surface area contributed by atoms with Gasteiger partial charge in [-0.25, -0.2) is 8.42 Å². The van der Waals surface area contributed by atoms with Crippen LogP contribution < -0.4 is 9.11 Å². The Labute approximate surface area is 208 Å². The van der Waals surface area contributed by atoms with Gasteiger partial charge in [-0.05, 0) is 73.4 Å². The van der Waals surface area contributed by atoms with E-state index in [9.17, 15) is 13.2 Å². The monoisotopic (exact) mass is 503 g/mol. The first kappa shape index (κ1) is 23.3. The minimum atomic E-state index is -3.73. The minimum Gasteiger partial charge on any atom is -0.312 e. The maximum atomic E-state index is 13.4. The van der Waals surface area contributed by atoms with E-state index in [0.717, 1.165) is 39.9 Å². The molecule has 0 saturated heterocycles. The van der Waals surface area contributed by atoms with Gasteiger partial charge in [-0.15, -0.1) is 6.58 Å². The lowest BCUT2D eigenvalue weighted by Crippen LogP contribution is -2.35. The third kappa shape index (κ3) is 4.35. The van der Waals surface area contributed by atoms with E-state index in [4.69, 9.17) is 0 Å². The Hall–Kier alpha value is -3.49. The van der Waals surface area contributed by atoms with Crippen molar-refractivity contribution in [1.82, 2.24) is 4.57 Å². The number of amides is 1. The van der Waals surface area contributed by atoms with E-state index in [-0.39, 0.29) is 4.90 Å².